The van der Waals surface area contributed by atoms with E-state index in [1.54, 1.807) is 7.11 Å². The normalized spacial score (nSPS) is 17.7. The summed E-state index contributed by atoms with van der Waals surface area (Å²) in [5.41, 5.74) is 8.88. The number of rotatable bonds is 4. The Balaban J connectivity index is 2.37. The highest BCUT2D eigenvalue weighted by atomic mass is 16.5. The Morgan fingerprint density at radius 1 is 1.26 bits per heavy atom. The van der Waals surface area contributed by atoms with Crippen molar-refractivity contribution in [3.05, 3.63) is 28.8 Å². The summed E-state index contributed by atoms with van der Waals surface area (Å²) in [4.78, 5) is 11.9. The van der Waals surface area contributed by atoms with Gasteiger partial charge in [0.1, 0.15) is 5.75 Å². The van der Waals surface area contributed by atoms with E-state index in [9.17, 15) is 4.79 Å². The van der Waals surface area contributed by atoms with Gasteiger partial charge in [0.25, 0.3) is 0 Å². The molecule has 0 aromatic heterocycles. The van der Waals surface area contributed by atoms with Crippen molar-refractivity contribution < 1.29 is 14.3 Å². The number of benzene rings is 1. The number of esters is 1. The van der Waals surface area contributed by atoms with E-state index in [1.807, 2.05) is 26.0 Å². The van der Waals surface area contributed by atoms with Crippen LogP contribution in [0.1, 0.15) is 35.6 Å². The molecule has 1 saturated carbocycles. The Kier molecular flexibility index (Phi) is 3.54. The predicted octanol–water partition coefficient (Wildman–Crippen LogP) is 2.27. The number of hydrogen-bond donors (Lipinski definition) is 1. The highest BCUT2D eigenvalue weighted by Crippen LogP contribution is 2.55. The highest BCUT2D eigenvalue weighted by molar-refractivity contribution is 5.81. The van der Waals surface area contributed by atoms with Crippen molar-refractivity contribution in [3.8, 4) is 5.75 Å². The van der Waals surface area contributed by atoms with Crippen LogP contribution in [0.15, 0.2) is 12.1 Å². The number of ether oxygens (including phenoxy) is 2. The van der Waals surface area contributed by atoms with Crippen LogP contribution in [0.3, 0.4) is 0 Å². The van der Waals surface area contributed by atoms with Crippen LogP contribution in [0.5, 0.6) is 5.75 Å². The first-order valence-electron chi connectivity index (χ1n) is 6.45. The van der Waals surface area contributed by atoms with Gasteiger partial charge in [-0.15, -0.1) is 0 Å². The molecule has 0 spiro atoms. The molecule has 1 aliphatic carbocycles. The molecule has 104 valence electrons. The third kappa shape index (κ3) is 2.21. The number of nitrogens with two attached hydrogens (primary N) is 1. The molecule has 4 nitrogen and oxygen atoms in total. The van der Waals surface area contributed by atoms with Crippen LogP contribution in [-0.2, 0) is 9.53 Å². The number of hydrogen-bond acceptors (Lipinski definition) is 4. The van der Waals surface area contributed by atoms with Gasteiger partial charge in [0.2, 0.25) is 0 Å². The second-order valence-electron chi connectivity index (χ2n) is 5.30. The van der Waals surface area contributed by atoms with Crippen molar-refractivity contribution in [1.29, 1.82) is 0 Å². The van der Waals surface area contributed by atoms with Crippen molar-refractivity contribution in [3.63, 3.8) is 0 Å². The van der Waals surface area contributed by atoms with E-state index in [1.165, 1.54) is 7.11 Å². The molecule has 0 amide bonds. The zero-order valence-electron chi connectivity index (χ0n) is 11.9. The number of aryl methyl sites for hydroxylation is 2. The van der Waals surface area contributed by atoms with E-state index >= 15 is 0 Å². The van der Waals surface area contributed by atoms with Gasteiger partial charge >= 0.3 is 5.97 Å². The number of carbonyl (C=O) groups is 1. The molecule has 1 aromatic rings. The molecule has 1 fully saturated rings. The van der Waals surface area contributed by atoms with Crippen LogP contribution in [0.25, 0.3) is 0 Å². The van der Waals surface area contributed by atoms with Gasteiger partial charge in [0.15, 0.2) is 0 Å². The highest BCUT2D eigenvalue weighted by Gasteiger charge is 2.56. The molecule has 1 unspecified atom stereocenters. The van der Waals surface area contributed by atoms with Gasteiger partial charge < -0.3 is 15.2 Å². The molecule has 19 heavy (non-hydrogen) atoms. The Bertz CT molecular complexity index is 506. The SMILES string of the molecule is COC(=O)C1(C(N)c2cc(C)c(OC)cc2C)CC1. The van der Waals surface area contributed by atoms with E-state index in [0.29, 0.717) is 0 Å². The van der Waals surface area contributed by atoms with E-state index in [-0.39, 0.29) is 12.0 Å². The molecular weight excluding hydrogens is 242 g/mol. The van der Waals surface area contributed by atoms with Gasteiger partial charge in [0, 0.05) is 6.04 Å². The zero-order chi connectivity index (χ0) is 14.2. The molecular formula is C15H21NO3. The Morgan fingerprint density at radius 2 is 1.89 bits per heavy atom. The fraction of sp³-hybridized carbons (Fsp3) is 0.533. The van der Waals surface area contributed by atoms with Gasteiger partial charge in [-0.25, -0.2) is 0 Å². The third-order valence-corrected chi connectivity index (χ3v) is 4.09. The van der Waals surface area contributed by atoms with Gasteiger partial charge in [-0.05, 0) is 49.4 Å². The first-order valence-corrected chi connectivity index (χ1v) is 6.45. The quantitative estimate of drug-likeness (QED) is 0.846. The zero-order valence-corrected chi connectivity index (χ0v) is 11.9. The summed E-state index contributed by atoms with van der Waals surface area (Å²) in [6.45, 7) is 3.97. The molecule has 0 bridgehead atoms. The lowest BCUT2D eigenvalue weighted by molar-refractivity contribution is -0.148. The maximum Gasteiger partial charge on any atom is 0.313 e. The van der Waals surface area contributed by atoms with Crippen molar-refractivity contribution in [2.75, 3.05) is 14.2 Å². The average Bonchev–Trinajstić information content (AvgIpc) is 3.20. The second kappa shape index (κ2) is 4.85. The maximum absolute atomic E-state index is 11.9. The minimum Gasteiger partial charge on any atom is -0.496 e. The van der Waals surface area contributed by atoms with Gasteiger partial charge in [-0.3, -0.25) is 4.79 Å². The monoisotopic (exact) mass is 263 g/mol. The lowest BCUT2D eigenvalue weighted by Crippen LogP contribution is -2.31. The van der Waals surface area contributed by atoms with Crippen LogP contribution in [0.2, 0.25) is 0 Å². The molecule has 2 rings (SSSR count). The third-order valence-electron chi connectivity index (χ3n) is 4.09. The minimum atomic E-state index is -0.527. The fourth-order valence-corrected chi connectivity index (χ4v) is 2.64. The largest absolute Gasteiger partial charge is 0.496 e. The van der Waals surface area contributed by atoms with Crippen molar-refractivity contribution >= 4 is 5.97 Å². The topological polar surface area (TPSA) is 61.5 Å². The Morgan fingerprint density at radius 3 is 2.37 bits per heavy atom. The first kappa shape index (κ1) is 13.9. The van der Waals surface area contributed by atoms with Crippen molar-refractivity contribution in [2.24, 2.45) is 11.1 Å². The van der Waals surface area contributed by atoms with E-state index in [0.717, 1.165) is 35.3 Å². The standard InChI is InChI=1S/C15H21NO3/c1-9-8-12(18-3)10(2)7-11(9)13(16)15(5-6-15)14(17)19-4/h7-8,13H,5-6,16H2,1-4H3. The maximum atomic E-state index is 11.9. The van der Waals surface area contributed by atoms with Crippen molar-refractivity contribution in [1.82, 2.24) is 0 Å². The molecule has 0 heterocycles. The van der Waals surface area contributed by atoms with Gasteiger partial charge in [-0.2, -0.15) is 0 Å². The Hall–Kier alpha value is -1.55. The summed E-state index contributed by atoms with van der Waals surface area (Å²) in [6.07, 6.45) is 1.59. The lowest BCUT2D eigenvalue weighted by atomic mass is 9.87. The molecule has 1 atom stereocenters. The van der Waals surface area contributed by atoms with Crippen LogP contribution in [0.4, 0.5) is 0 Å². The van der Waals surface area contributed by atoms with Crippen LogP contribution >= 0.6 is 0 Å². The first-order chi connectivity index (χ1) is 8.96. The summed E-state index contributed by atoms with van der Waals surface area (Å²) >= 11 is 0. The summed E-state index contributed by atoms with van der Waals surface area (Å²) in [6, 6.07) is 3.67. The molecule has 4 heteroatoms. The minimum absolute atomic E-state index is 0.201. The molecule has 0 radical (unpaired) electrons. The summed E-state index contributed by atoms with van der Waals surface area (Å²) in [5, 5.41) is 0. The van der Waals surface area contributed by atoms with Crippen LogP contribution in [-0.4, -0.2) is 20.2 Å². The smallest absolute Gasteiger partial charge is 0.313 e. The van der Waals surface area contributed by atoms with Crippen molar-refractivity contribution in [2.45, 2.75) is 32.7 Å². The van der Waals surface area contributed by atoms with Crippen LogP contribution < -0.4 is 10.5 Å². The van der Waals surface area contributed by atoms with E-state index < -0.39 is 5.41 Å². The summed E-state index contributed by atoms with van der Waals surface area (Å²) < 4.78 is 10.2. The molecule has 2 N–H and O–H groups in total. The molecule has 1 aromatic carbocycles. The van der Waals surface area contributed by atoms with E-state index in [4.69, 9.17) is 15.2 Å². The number of carbonyl (C=O) groups excluding carboxylic acids is 1. The number of methoxy groups -OCH3 is 2. The van der Waals surface area contributed by atoms with Crippen LogP contribution in [0, 0.1) is 19.3 Å². The second-order valence-corrected chi connectivity index (χ2v) is 5.30. The summed E-state index contributed by atoms with van der Waals surface area (Å²) in [7, 11) is 3.07. The predicted molar refractivity (Wildman–Crippen MR) is 73.1 cm³/mol. The molecule has 0 saturated heterocycles. The Labute approximate surface area is 113 Å². The lowest BCUT2D eigenvalue weighted by Gasteiger charge is -2.24. The molecule has 0 aliphatic heterocycles. The van der Waals surface area contributed by atoms with Gasteiger partial charge in [-0.1, -0.05) is 6.07 Å². The fourth-order valence-electron chi connectivity index (χ4n) is 2.64. The molecule has 1 aliphatic rings. The average molecular weight is 263 g/mol. The van der Waals surface area contributed by atoms with E-state index in [2.05, 4.69) is 0 Å². The van der Waals surface area contributed by atoms with Gasteiger partial charge in [0.05, 0.1) is 19.6 Å². The summed E-state index contributed by atoms with van der Waals surface area (Å²) in [5.74, 6) is 0.643.